The van der Waals surface area contributed by atoms with Crippen LogP contribution >= 0.6 is 0 Å². The lowest BCUT2D eigenvalue weighted by molar-refractivity contribution is -0.167. The van der Waals surface area contributed by atoms with Gasteiger partial charge in [0.2, 0.25) is 0 Å². The van der Waals surface area contributed by atoms with E-state index in [1.54, 1.807) is 0 Å². The van der Waals surface area contributed by atoms with Gasteiger partial charge in [-0.2, -0.15) is 0 Å². The van der Waals surface area contributed by atoms with Crippen molar-refractivity contribution in [2.75, 3.05) is 13.2 Å². The van der Waals surface area contributed by atoms with Gasteiger partial charge in [-0.25, -0.2) is 0 Å². The molecule has 0 fully saturated rings. The summed E-state index contributed by atoms with van der Waals surface area (Å²) < 4.78 is 16.8. The number of carbonyl (C=O) groups is 3. The largest absolute Gasteiger partial charge is 0.462 e. The van der Waals surface area contributed by atoms with Gasteiger partial charge in [-0.05, 0) is 148 Å². The second kappa shape index (κ2) is 64.0. The first-order valence-corrected chi connectivity index (χ1v) is 30.8. The second-order valence-electron chi connectivity index (χ2n) is 19.5. The Morgan fingerprint density at radius 1 is 0.269 bits per heavy atom. The molecule has 0 aliphatic rings. The molecule has 0 radical (unpaired) electrons. The molecule has 0 spiro atoms. The highest BCUT2D eigenvalue weighted by Gasteiger charge is 2.19. The van der Waals surface area contributed by atoms with Crippen LogP contribution in [0.25, 0.3) is 0 Å². The number of ether oxygens (including phenoxy) is 3. The van der Waals surface area contributed by atoms with Crippen LogP contribution in [0.15, 0.2) is 182 Å². The van der Waals surface area contributed by atoms with E-state index in [0.717, 1.165) is 173 Å². The summed E-state index contributed by atoms with van der Waals surface area (Å²) in [6, 6.07) is 0. The molecule has 1 atom stereocenters. The van der Waals surface area contributed by atoms with Crippen molar-refractivity contribution in [3.63, 3.8) is 0 Å². The van der Waals surface area contributed by atoms with Gasteiger partial charge in [-0.3, -0.25) is 14.4 Å². The standard InChI is InChI=1S/C72H110O6/c1-4-7-10-13-16-19-22-24-26-28-30-32-33-34-35-36-37-38-39-41-42-44-46-48-50-53-56-59-62-65-71(74)77-68-69(67-76-70(73)64-61-58-55-52-21-18-15-12-9-6-3)78-72(75)66-63-60-57-54-51-49-47-45-43-40-31-29-27-25-23-20-17-14-11-8-5-2/h7-8,10-12,15-17,19-20,24-27,30-32,34-35,37-38,40-42,45-48,53,56,69H,4-6,9,13-14,18,21-23,28-29,33,36,39,43-44,49-52,54-55,57-68H2,1-3H3/b10-7-,11-8-,15-12-,19-16-,20-17-,26-24-,27-25-,32-30-,35-34-,38-37-,40-31-,42-41-,47-45-,48-46-,56-53-. The average molecular weight is 1070 g/mol. The van der Waals surface area contributed by atoms with Gasteiger partial charge in [0.25, 0.3) is 0 Å². The van der Waals surface area contributed by atoms with E-state index in [1.807, 2.05) is 0 Å². The molecule has 0 saturated carbocycles. The van der Waals surface area contributed by atoms with Crippen molar-refractivity contribution in [2.45, 2.75) is 239 Å². The fraction of sp³-hybridized carbons (Fsp3) is 0.542. The highest BCUT2D eigenvalue weighted by atomic mass is 16.6. The lowest BCUT2D eigenvalue weighted by atomic mass is 10.1. The van der Waals surface area contributed by atoms with Crippen molar-refractivity contribution in [1.82, 2.24) is 0 Å². The van der Waals surface area contributed by atoms with E-state index in [0.29, 0.717) is 12.8 Å². The van der Waals surface area contributed by atoms with Crippen LogP contribution in [0.4, 0.5) is 0 Å². The van der Waals surface area contributed by atoms with Gasteiger partial charge in [0.05, 0.1) is 0 Å². The van der Waals surface area contributed by atoms with Crippen LogP contribution in [-0.4, -0.2) is 37.2 Å². The Kier molecular flexibility index (Phi) is 59.5. The summed E-state index contributed by atoms with van der Waals surface area (Å²) in [5.41, 5.74) is 0. The Bertz CT molecular complexity index is 1850. The molecule has 0 aromatic heterocycles. The Morgan fingerprint density at radius 3 is 0.846 bits per heavy atom. The van der Waals surface area contributed by atoms with Crippen molar-refractivity contribution in [2.24, 2.45) is 0 Å². The fourth-order valence-corrected chi connectivity index (χ4v) is 7.59. The SMILES string of the molecule is CC/C=C\C/C=C\C/C=C\C/C=C\C/C=C\C/C=C\C/C=C\C/C=C\C/C=C\CCCC(=O)OCC(COC(=O)CCCCCCC/C=C\CCC)OC(=O)CCCCCCC/C=C\C/C=C\C/C=C\C/C=C\C/C=C\CC. The van der Waals surface area contributed by atoms with Crippen molar-refractivity contribution in [3.8, 4) is 0 Å². The molecule has 0 N–H and O–H groups in total. The third-order valence-electron chi connectivity index (χ3n) is 12.1. The first kappa shape index (κ1) is 72.5. The number of rotatable bonds is 53. The molecule has 0 aliphatic carbocycles. The quantitative estimate of drug-likeness (QED) is 0.0261. The molecule has 0 bridgehead atoms. The van der Waals surface area contributed by atoms with Crippen molar-refractivity contribution < 1.29 is 28.6 Å². The van der Waals surface area contributed by atoms with E-state index >= 15 is 0 Å². The molecule has 1 unspecified atom stereocenters. The molecule has 0 heterocycles. The predicted molar refractivity (Wildman–Crippen MR) is 338 cm³/mol. The van der Waals surface area contributed by atoms with Gasteiger partial charge in [0.1, 0.15) is 13.2 Å². The summed E-state index contributed by atoms with van der Waals surface area (Å²) in [6.07, 6.45) is 96.2. The zero-order valence-corrected chi connectivity index (χ0v) is 49.6. The second-order valence-corrected chi connectivity index (χ2v) is 19.5. The number of hydrogen-bond acceptors (Lipinski definition) is 6. The predicted octanol–water partition coefficient (Wildman–Crippen LogP) is 21.3. The minimum absolute atomic E-state index is 0.118. The third-order valence-corrected chi connectivity index (χ3v) is 12.1. The fourth-order valence-electron chi connectivity index (χ4n) is 7.59. The first-order chi connectivity index (χ1) is 38.5. The van der Waals surface area contributed by atoms with E-state index in [9.17, 15) is 14.4 Å². The number of allylic oxidation sites excluding steroid dienone is 30. The first-order valence-electron chi connectivity index (χ1n) is 30.8. The normalized spacial score (nSPS) is 13.4. The number of carbonyl (C=O) groups excluding carboxylic acids is 3. The monoisotopic (exact) mass is 1070 g/mol. The lowest BCUT2D eigenvalue weighted by Gasteiger charge is -2.18. The molecule has 0 aromatic rings. The zero-order valence-electron chi connectivity index (χ0n) is 49.6. The van der Waals surface area contributed by atoms with E-state index in [1.165, 1.54) is 12.8 Å². The smallest absolute Gasteiger partial charge is 0.306 e. The Balaban J connectivity index is 4.46. The van der Waals surface area contributed by atoms with Gasteiger partial charge in [-0.1, -0.05) is 248 Å². The Hall–Kier alpha value is -5.49. The van der Waals surface area contributed by atoms with Gasteiger partial charge in [0, 0.05) is 19.3 Å². The minimum atomic E-state index is -0.826. The van der Waals surface area contributed by atoms with E-state index in [-0.39, 0.29) is 44.0 Å². The summed E-state index contributed by atoms with van der Waals surface area (Å²) >= 11 is 0. The molecule has 0 aromatic carbocycles. The molecule has 78 heavy (non-hydrogen) atoms. The molecule has 0 amide bonds. The molecular formula is C72H110O6. The van der Waals surface area contributed by atoms with Crippen molar-refractivity contribution >= 4 is 17.9 Å². The van der Waals surface area contributed by atoms with Crippen LogP contribution in [0.1, 0.15) is 233 Å². The number of unbranched alkanes of at least 4 members (excludes halogenated alkanes) is 12. The van der Waals surface area contributed by atoms with E-state index < -0.39 is 6.10 Å². The third kappa shape index (κ3) is 61.4. The molecule has 434 valence electrons. The van der Waals surface area contributed by atoms with Gasteiger partial charge < -0.3 is 14.2 Å². The molecular weight excluding hydrogens is 961 g/mol. The summed E-state index contributed by atoms with van der Waals surface area (Å²) in [5.74, 6) is -1.02. The number of esters is 3. The van der Waals surface area contributed by atoms with Crippen molar-refractivity contribution in [1.29, 1.82) is 0 Å². The average Bonchev–Trinajstić information content (AvgIpc) is 3.44. The van der Waals surface area contributed by atoms with Crippen LogP contribution in [0.3, 0.4) is 0 Å². The van der Waals surface area contributed by atoms with Crippen LogP contribution in [0.5, 0.6) is 0 Å². The minimum Gasteiger partial charge on any atom is -0.462 e. The maximum absolute atomic E-state index is 12.9. The molecule has 6 heteroatoms. The van der Waals surface area contributed by atoms with Crippen LogP contribution in [0.2, 0.25) is 0 Å². The highest BCUT2D eigenvalue weighted by Crippen LogP contribution is 2.13. The maximum atomic E-state index is 12.9. The summed E-state index contributed by atoms with van der Waals surface area (Å²) in [5, 5.41) is 0. The van der Waals surface area contributed by atoms with Crippen LogP contribution in [0, 0.1) is 0 Å². The number of hydrogen-bond donors (Lipinski definition) is 0. The van der Waals surface area contributed by atoms with E-state index in [4.69, 9.17) is 14.2 Å². The van der Waals surface area contributed by atoms with Crippen LogP contribution in [-0.2, 0) is 28.6 Å². The Labute approximate surface area is 478 Å². The van der Waals surface area contributed by atoms with Gasteiger partial charge in [0.15, 0.2) is 6.10 Å². The lowest BCUT2D eigenvalue weighted by Crippen LogP contribution is -2.30. The van der Waals surface area contributed by atoms with Crippen LogP contribution < -0.4 is 0 Å². The topological polar surface area (TPSA) is 78.9 Å². The van der Waals surface area contributed by atoms with Gasteiger partial charge >= 0.3 is 17.9 Å². The molecule has 6 nitrogen and oxygen atoms in total. The van der Waals surface area contributed by atoms with E-state index in [2.05, 4.69) is 203 Å². The molecule has 0 aliphatic heterocycles. The Morgan fingerprint density at radius 2 is 0.513 bits per heavy atom. The summed E-state index contributed by atoms with van der Waals surface area (Å²) in [7, 11) is 0. The summed E-state index contributed by atoms with van der Waals surface area (Å²) in [4.78, 5) is 38.2. The van der Waals surface area contributed by atoms with Crippen molar-refractivity contribution in [3.05, 3.63) is 182 Å². The zero-order chi connectivity index (χ0) is 56.4. The maximum Gasteiger partial charge on any atom is 0.306 e. The van der Waals surface area contributed by atoms with Gasteiger partial charge in [-0.15, -0.1) is 0 Å². The molecule has 0 rings (SSSR count). The molecule has 0 saturated heterocycles. The highest BCUT2D eigenvalue weighted by molar-refractivity contribution is 5.71. The summed E-state index contributed by atoms with van der Waals surface area (Å²) in [6.45, 7) is 6.26.